The maximum absolute atomic E-state index is 13.0. The predicted molar refractivity (Wildman–Crippen MR) is 64.5 cm³/mol. The van der Waals surface area contributed by atoms with Crippen LogP contribution in [0.5, 0.6) is 11.5 Å². The highest BCUT2D eigenvalue weighted by molar-refractivity contribution is 5.88. The Bertz CT molecular complexity index is 703. The van der Waals surface area contributed by atoms with Gasteiger partial charge in [0, 0.05) is 18.2 Å². The molecule has 0 atom stereocenters. The molecule has 100 valence electrons. The second kappa shape index (κ2) is 5.36. The molecule has 0 unspecified atom stereocenters. The zero-order valence-corrected chi connectivity index (χ0v) is 9.93. The van der Waals surface area contributed by atoms with E-state index in [-0.39, 0.29) is 22.6 Å². The second-order valence-corrected chi connectivity index (χ2v) is 3.84. The largest absolute Gasteiger partial charge is 0.478 e. The van der Waals surface area contributed by atoms with Crippen molar-refractivity contribution in [2.24, 2.45) is 0 Å². The summed E-state index contributed by atoms with van der Waals surface area (Å²) in [4.78, 5) is 10.8. The molecule has 2 aromatic carbocycles. The molecule has 0 aliphatic carbocycles. The summed E-state index contributed by atoms with van der Waals surface area (Å²) in [6, 6.07) is 7.96. The van der Waals surface area contributed by atoms with Crippen molar-refractivity contribution in [3.63, 3.8) is 0 Å². The first-order valence-corrected chi connectivity index (χ1v) is 5.41. The van der Waals surface area contributed by atoms with Crippen LogP contribution in [-0.2, 0) is 0 Å². The van der Waals surface area contributed by atoms with E-state index in [1.807, 2.05) is 0 Å². The number of carboxylic acid groups (broad SMARTS) is 1. The number of nitrogens with zero attached hydrogens (tertiary/aromatic N) is 1. The van der Waals surface area contributed by atoms with Crippen molar-refractivity contribution in [3.8, 4) is 17.6 Å². The van der Waals surface area contributed by atoms with Gasteiger partial charge in [-0.25, -0.2) is 13.6 Å². The Labute approximate surface area is 112 Å². The average Bonchev–Trinajstić information content (AvgIpc) is 2.37. The lowest BCUT2D eigenvalue weighted by Crippen LogP contribution is -1.98. The molecule has 20 heavy (non-hydrogen) atoms. The van der Waals surface area contributed by atoms with Gasteiger partial charge in [-0.15, -0.1) is 0 Å². The number of aromatic carboxylic acids is 1. The number of hydrogen-bond donors (Lipinski definition) is 1. The van der Waals surface area contributed by atoms with Gasteiger partial charge >= 0.3 is 5.97 Å². The van der Waals surface area contributed by atoms with Gasteiger partial charge in [-0.05, 0) is 18.2 Å². The van der Waals surface area contributed by atoms with Crippen molar-refractivity contribution < 1.29 is 23.4 Å². The zero-order valence-electron chi connectivity index (χ0n) is 9.93. The fraction of sp³-hybridized carbons (Fsp3) is 0. The third-order valence-electron chi connectivity index (χ3n) is 2.41. The smallest absolute Gasteiger partial charge is 0.335 e. The summed E-state index contributed by atoms with van der Waals surface area (Å²) in [6.45, 7) is 0. The third kappa shape index (κ3) is 2.90. The van der Waals surface area contributed by atoms with Gasteiger partial charge < -0.3 is 9.84 Å². The highest BCUT2D eigenvalue weighted by Gasteiger charge is 2.11. The van der Waals surface area contributed by atoms with Gasteiger partial charge in [0.05, 0.1) is 11.1 Å². The van der Waals surface area contributed by atoms with Gasteiger partial charge in [0.25, 0.3) is 0 Å². The molecular weight excluding hydrogens is 268 g/mol. The van der Waals surface area contributed by atoms with E-state index in [4.69, 9.17) is 15.1 Å². The minimum absolute atomic E-state index is 0.0162. The molecule has 4 nitrogen and oxygen atoms in total. The lowest BCUT2D eigenvalue weighted by Gasteiger charge is -2.08. The van der Waals surface area contributed by atoms with Crippen LogP contribution in [0.1, 0.15) is 15.9 Å². The second-order valence-electron chi connectivity index (χ2n) is 3.84. The van der Waals surface area contributed by atoms with Gasteiger partial charge in [-0.3, -0.25) is 0 Å². The Morgan fingerprint density at radius 2 is 1.80 bits per heavy atom. The van der Waals surface area contributed by atoms with Crippen LogP contribution in [0.15, 0.2) is 36.4 Å². The molecule has 0 aromatic heterocycles. The van der Waals surface area contributed by atoms with Gasteiger partial charge in [-0.1, -0.05) is 0 Å². The first-order valence-electron chi connectivity index (χ1n) is 5.41. The van der Waals surface area contributed by atoms with Crippen LogP contribution in [0, 0.1) is 23.0 Å². The SMILES string of the molecule is N#Cc1cc(C(=O)O)ccc1Oc1cc(F)cc(F)c1. The molecule has 6 heteroatoms. The number of carboxylic acids is 1. The van der Waals surface area contributed by atoms with Crippen LogP contribution < -0.4 is 4.74 Å². The van der Waals surface area contributed by atoms with Crippen LogP contribution in [0.25, 0.3) is 0 Å². The van der Waals surface area contributed by atoms with E-state index < -0.39 is 17.6 Å². The van der Waals surface area contributed by atoms with Crippen molar-refractivity contribution in [2.75, 3.05) is 0 Å². The number of ether oxygens (including phenoxy) is 1. The summed E-state index contributed by atoms with van der Waals surface area (Å²) in [6.07, 6.45) is 0. The van der Waals surface area contributed by atoms with Crippen LogP contribution in [0.4, 0.5) is 8.78 Å². The van der Waals surface area contributed by atoms with Crippen molar-refractivity contribution in [2.45, 2.75) is 0 Å². The Kier molecular flexibility index (Phi) is 3.62. The fourth-order valence-corrected chi connectivity index (χ4v) is 1.55. The van der Waals surface area contributed by atoms with E-state index >= 15 is 0 Å². The monoisotopic (exact) mass is 275 g/mol. The van der Waals surface area contributed by atoms with Gasteiger partial charge in [0.2, 0.25) is 0 Å². The van der Waals surface area contributed by atoms with E-state index in [0.29, 0.717) is 6.07 Å². The van der Waals surface area contributed by atoms with Crippen molar-refractivity contribution in [1.82, 2.24) is 0 Å². The van der Waals surface area contributed by atoms with E-state index in [2.05, 4.69) is 0 Å². The lowest BCUT2D eigenvalue weighted by molar-refractivity contribution is 0.0697. The summed E-state index contributed by atoms with van der Waals surface area (Å²) < 4.78 is 31.2. The Morgan fingerprint density at radius 3 is 2.35 bits per heavy atom. The Hall–Kier alpha value is -2.94. The molecule has 2 aromatic rings. The van der Waals surface area contributed by atoms with Gasteiger partial charge in [0.1, 0.15) is 29.2 Å². The number of halogens is 2. The first-order chi connectivity index (χ1) is 9.49. The van der Waals surface area contributed by atoms with E-state index in [1.165, 1.54) is 12.1 Å². The molecule has 2 rings (SSSR count). The molecule has 0 aliphatic heterocycles. The van der Waals surface area contributed by atoms with Gasteiger partial charge in [0.15, 0.2) is 0 Å². The van der Waals surface area contributed by atoms with Crippen molar-refractivity contribution >= 4 is 5.97 Å². The standard InChI is InChI=1S/C14H7F2NO3/c15-10-4-11(16)6-12(5-10)20-13-2-1-8(14(18)19)3-9(13)7-17/h1-6H,(H,18,19). The summed E-state index contributed by atoms with van der Waals surface area (Å²) in [7, 11) is 0. The molecule has 0 aliphatic rings. The predicted octanol–water partition coefficient (Wildman–Crippen LogP) is 3.33. The first kappa shape index (κ1) is 13.5. The highest BCUT2D eigenvalue weighted by atomic mass is 19.1. The van der Waals surface area contributed by atoms with Crippen LogP contribution in [0.2, 0.25) is 0 Å². The van der Waals surface area contributed by atoms with E-state index in [1.54, 1.807) is 6.07 Å². The minimum atomic E-state index is -1.19. The van der Waals surface area contributed by atoms with E-state index in [9.17, 15) is 13.6 Å². The quantitative estimate of drug-likeness (QED) is 0.932. The molecule has 0 amide bonds. The maximum Gasteiger partial charge on any atom is 0.335 e. The summed E-state index contributed by atoms with van der Waals surface area (Å²) >= 11 is 0. The molecule has 0 saturated carbocycles. The Morgan fingerprint density at radius 1 is 1.15 bits per heavy atom. The van der Waals surface area contributed by atoms with Crippen LogP contribution in [0.3, 0.4) is 0 Å². The van der Waals surface area contributed by atoms with Gasteiger partial charge in [-0.2, -0.15) is 5.26 Å². The zero-order chi connectivity index (χ0) is 14.7. The fourth-order valence-electron chi connectivity index (χ4n) is 1.55. The number of hydrogen-bond acceptors (Lipinski definition) is 3. The molecule has 1 N–H and O–H groups in total. The normalized spacial score (nSPS) is 9.85. The lowest BCUT2D eigenvalue weighted by atomic mass is 10.1. The topological polar surface area (TPSA) is 70.3 Å². The molecule has 0 radical (unpaired) electrons. The summed E-state index contributed by atoms with van der Waals surface area (Å²) in [5.74, 6) is -2.93. The van der Waals surface area contributed by atoms with Crippen LogP contribution in [-0.4, -0.2) is 11.1 Å². The molecule has 0 saturated heterocycles. The number of benzene rings is 2. The number of rotatable bonds is 3. The van der Waals surface area contributed by atoms with Crippen LogP contribution >= 0.6 is 0 Å². The average molecular weight is 275 g/mol. The molecular formula is C14H7F2NO3. The van der Waals surface area contributed by atoms with Crippen molar-refractivity contribution in [3.05, 3.63) is 59.2 Å². The highest BCUT2D eigenvalue weighted by Crippen LogP contribution is 2.27. The summed E-state index contributed by atoms with van der Waals surface area (Å²) in [5.41, 5.74) is -0.131. The minimum Gasteiger partial charge on any atom is -0.478 e. The number of nitriles is 1. The Balaban J connectivity index is 2.38. The number of carbonyl (C=O) groups is 1. The van der Waals surface area contributed by atoms with Crippen molar-refractivity contribution in [1.29, 1.82) is 5.26 Å². The molecule has 0 heterocycles. The molecule has 0 fully saturated rings. The molecule has 0 spiro atoms. The molecule has 0 bridgehead atoms. The van der Waals surface area contributed by atoms with E-state index in [0.717, 1.165) is 18.2 Å². The maximum atomic E-state index is 13.0. The summed E-state index contributed by atoms with van der Waals surface area (Å²) in [5, 5.41) is 17.7. The third-order valence-corrected chi connectivity index (χ3v) is 2.41.